The van der Waals surface area contributed by atoms with E-state index in [0.717, 1.165) is 19.4 Å². The Morgan fingerprint density at radius 1 is 1.50 bits per heavy atom. The van der Waals surface area contributed by atoms with Gasteiger partial charge in [0.05, 0.1) is 19.1 Å². The largest absolute Gasteiger partial charge is 0.469 e. The molecular formula is C13H23NO4. The van der Waals surface area contributed by atoms with E-state index in [1.54, 1.807) is 11.8 Å². The van der Waals surface area contributed by atoms with Crippen LogP contribution in [0.4, 0.5) is 0 Å². The summed E-state index contributed by atoms with van der Waals surface area (Å²) in [6.45, 7) is 5.35. The summed E-state index contributed by atoms with van der Waals surface area (Å²) in [5.74, 6) is -0.524. The van der Waals surface area contributed by atoms with Crippen molar-refractivity contribution in [3.05, 3.63) is 0 Å². The third-order valence-corrected chi connectivity index (χ3v) is 3.20. The minimum Gasteiger partial charge on any atom is -0.469 e. The summed E-state index contributed by atoms with van der Waals surface area (Å²) in [7, 11) is 1.37. The molecule has 0 N–H and O–H groups in total. The van der Waals surface area contributed by atoms with Gasteiger partial charge in [-0.1, -0.05) is 13.8 Å². The van der Waals surface area contributed by atoms with Gasteiger partial charge in [0.1, 0.15) is 0 Å². The lowest BCUT2D eigenvalue weighted by atomic mass is 10.1. The van der Waals surface area contributed by atoms with Crippen LogP contribution in [0.5, 0.6) is 0 Å². The van der Waals surface area contributed by atoms with E-state index in [0.29, 0.717) is 19.5 Å². The van der Waals surface area contributed by atoms with Crippen molar-refractivity contribution in [1.29, 1.82) is 0 Å². The minimum atomic E-state index is -0.299. The quantitative estimate of drug-likeness (QED) is 0.671. The van der Waals surface area contributed by atoms with E-state index in [2.05, 4.69) is 4.74 Å². The number of carbonyl (C=O) groups excluding carboxylic acids is 2. The molecule has 0 aliphatic carbocycles. The summed E-state index contributed by atoms with van der Waals surface area (Å²) in [5, 5.41) is 0. The molecule has 0 aromatic rings. The molecule has 2 unspecified atom stereocenters. The predicted molar refractivity (Wildman–Crippen MR) is 67.0 cm³/mol. The first kappa shape index (κ1) is 15.0. The van der Waals surface area contributed by atoms with Gasteiger partial charge in [0, 0.05) is 26.1 Å². The Morgan fingerprint density at radius 2 is 2.22 bits per heavy atom. The second-order valence-electron chi connectivity index (χ2n) is 4.71. The summed E-state index contributed by atoms with van der Waals surface area (Å²) in [4.78, 5) is 25.0. The molecule has 0 spiro atoms. The van der Waals surface area contributed by atoms with Crippen LogP contribution in [-0.2, 0) is 19.1 Å². The molecule has 1 fully saturated rings. The van der Waals surface area contributed by atoms with Gasteiger partial charge in [-0.3, -0.25) is 9.59 Å². The molecule has 0 radical (unpaired) electrons. The topological polar surface area (TPSA) is 55.8 Å². The highest BCUT2D eigenvalue weighted by atomic mass is 16.5. The Morgan fingerprint density at radius 3 is 2.72 bits per heavy atom. The molecule has 0 aromatic carbocycles. The third-order valence-electron chi connectivity index (χ3n) is 3.20. The molecule has 1 aliphatic rings. The first-order valence-corrected chi connectivity index (χ1v) is 6.55. The summed E-state index contributed by atoms with van der Waals surface area (Å²) >= 11 is 0. The van der Waals surface area contributed by atoms with Crippen molar-refractivity contribution >= 4 is 11.9 Å². The molecule has 0 saturated carbocycles. The number of nitrogens with zero attached hydrogens (tertiary/aromatic N) is 1. The van der Waals surface area contributed by atoms with Crippen molar-refractivity contribution in [3.63, 3.8) is 0 Å². The first-order chi connectivity index (χ1) is 8.58. The van der Waals surface area contributed by atoms with Crippen LogP contribution in [0.2, 0.25) is 0 Å². The van der Waals surface area contributed by atoms with E-state index >= 15 is 0 Å². The molecular weight excluding hydrogens is 234 g/mol. The molecule has 18 heavy (non-hydrogen) atoms. The van der Waals surface area contributed by atoms with Gasteiger partial charge < -0.3 is 14.4 Å². The van der Waals surface area contributed by atoms with Crippen molar-refractivity contribution in [2.24, 2.45) is 5.92 Å². The van der Waals surface area contributed by atoms with Gasteiger partial charge in [-0.05, 0) is 12.8 Å². The maximum absolute atomic E-state index is 11.9. The SMILES string of the molecule is CCC(=O)N(CC1CCCO1)CC(C)C(=O)OC. The number of hydrogen-bond donors (Lipinski definition) is 0. The van der Waals surface area contributed by atoms with Crippen LogP contribution in [0.25, 0.3) is 0 Å². The van der Waals surface area contributed by atoms with Crippen LogP contribution < -0.4 is 0 Å². The number of ether oxygens (including phenoxy) is 2. The van der Waals surface area contributed by atoms with Crippen molar-refractivity contribution in [2.45, 2.75) is 39.2 Å². The van der Waals surface area contributed by atoms with Gasteiger partial charge in [-0.2, -0.15) is 0 Å². The highest BCUT2D eigenvalue weighted by molar-refractivity contribution is 5.77. The Kier molecular flexibility index (Phi) is 6.12. The molecule has 5 nitrogen and oxygen atoms in total. The average Bonchev–Trinajstić information content (AvgIpc) is 2.88. The van der Waals surface area contributed by atoms with Gasteiger partial charge in [0.2, 0.25) is 5.91 Å². The first-order valence-electron chi connectivity index (χ1n) is 6.55. The van der Waals surface area contributed by atoms with E-state index in [4.69, 9.17) is 4.74 Å². The zero-order valence-corrected chi connectivity index (χ0v) is 11.5. The van der Waals surface area contributed by atoms with Gasteiger partial charge in [0.15, 0.2) is 0 Å². The minimum absolute atomic E-state index is 0.0567. The number of hydrogen-bond acceptors (Lipinski definition) is 4. The molecule has 1 aliphatic heterocycles. The lowest BCUT2D eigenvalue weighted by Crippen LogP contribution is -2.41. The molecule has 0 bridgehead atoms. The number of carbonyl (C=O) groups is 2. The second kappa shape index (κ2) is 7.36. The number of rotatable bonds is 6. The summed E-state index contributed by atoms with van der Waals surface area (Å²) in [6.07, 6.45) is 2.59. The molecule has 5 heteroatoms. The number of esters is 1. The second-order valence-corrected chi connectivity index (χ2v) is 4.71. The van der Waals surface area contributed by atoms with Crippen molar-refractivity contribution in [3.8, 4) is 0 Å². The Hall–Kier alpha value is -1.10. The van der Waals surface area contributed by atoms with E-state index < -0.39 is 0 Å². The number of methoxy groups -OCH3 is 1. The molecule has 1 saturated heterocycles. The number of amides is 1. The maximum atomic E-state index is 11.9. The van der Waals surface area contributed by atoms with Gasteiger partial charge >= 0.3 is 5.97 Å². The van der Waals surface area contributed by atoms with Crippen LogP contribution in [0.1, 0.15) is 33.1 Å². The Balaban J connectivity index is 2.54. The maximum Gasteiger partial charge on any atom is 0.310 e. The third kappa shape index (κ3) is 4.29. The molecule has 1 amide bonds. The summed E-state index contributed by atoms with van der Waals surface area (Å²) < 4.78 is 10.2. The summed E-state index contributed by atoms with van der Waals surface area (Å²) in [5.41, 5.74) is 0. The lowest BCUT2D eigenvalue weighted by molar-refractivity contribution is -0.146. The fraction of sp³-hybridized carbons (Fsp3) is 0.846. The van der Waals surface area contributed by atoms with Crippen molar-refractivity contribution in [1.82, 2.24) is 4.90 Å². The van der Waals surface area contributed by atoms with Crippen LogP contribution >= 0.6 is 0 Å². The Bertz CT molecular complexity index is 287. The highest BCUT2D eigenvalue weighted by Gasteiger charge is 2.25. The van der Waals surface area contributed by atoms with Crippen molar-refractivity contribution < 1.29 is 19.1 Å². The van der Waals surface area contributed by atoms with E-state index in [1.807, 2.05) is 6.92 Å². The normalized spacial score (nSPS) is 20.5. The van der Waals surface area contributed by atoms with Gasteiger partial charge in [0.25, 0.3) is 0 Å². The predicted octanol–water partition coefficient (Wildman–Crippen LogP) is 1.21. The smallest absolute Gasteiger partial charge is 0.310 e. The zero-order valence-electron chi connectivity index (χ0n) is 11.5. The highest BCUT2D eigenvalue weighted by Crippen LogP contribution is 2.15. The average molecular weight is 257 g/mol. The van der Waals surface area contributed by atoms with Crippen molar-refractivity contribution in [2.75, 3.05) is 26.8 Å². The molecule has 104 valence electrons. The zero-order chi connectivity index (χ0) is 13.5. The standard InChI is InChI=1S/C13H23NO4/c1-4-12(15)14(8-10(2)13(16)17-3)9-11-6-5-7-18-11/h10-11H,4-9H2,1-3H3. The Labute approximate surface area is 108 Å². The van der Waals surface area contributed by atoms with E-state index in [9.17, 15) is 9.59 Å². The lowest BCUT2D eigenvalue weighted by Gasteiger charge is -2.27. The molecule has 0 aromatic heterocycles. The monoisotopic (exact) mass is 257 g/mol. The van der Waals surface area contributed by atoms with E-state index in [-0.39, 0.29) is 23.9 Å². The van der Waals surface area contributed by atoms with E-state index in [1.165, 1.54) is 7.11 Å². The molecule has 1 heterocycles. The van der Waals surface area contributed by atoms with Crippen LogP contribution in [-0.4, -0.2) is 49.7 Å². The fourth-order valence-electron chi connectivity index (χ4n) is 2.14. The summed E-state index contributed by atoms with van der Waals surface area (Å²) in [6, 6.07) is 0. The van der Waals surface area contributed by atoms with Crippen LogP contribution in [0.3, 0.4) is 0 Å². The van der Waals surface area contributed by atoms with Crippen LogP contribution in [0, 0.1) is 5.92 Å². The molecule has 1 rings (SSSR count). The fourth-order valence-corrected chi connectivity index (χ4v) is 2.14. The van der Waals surface area contributed by atoms with Gasteiger partial charge in [-0.25, -0.2) is 0 Å². The van der Waals surface area contributed by atoms with Crippen LogP contribution in [0.15, 0.2) is 0 Å². The van der Waals surface area contributed by atoms with Gasteiger partial charge in [-0.15, -0.1) is 0 Å². The molecule has 2 atom stereocenters.